The fourth-order valence-corrected chi connectivity index (χ4v) is 3.85. The lowest BCUT2D eigenvalue weighted by atomic mass is 9.93. The van der Waals surface area contributed by atoms with Crippen LogP contribution in [-0.2, 0) is 0 Å². The summed E-state index contributed by atoms with van der Waals surface area (Å²) in [5, 5.41) is 0. The molecule has 4 rings (SSSR count). The standard InChI is InChI=1S/C30H22O8/c1-35-23-15-13-21(17-31)25(27(23)37-29(33)19-9-5-3-6-10-19)26-22(18-32)14-16-24(36-2)28(26)38-30(34)20-11-7-4-8-12-20/h3-18H,1-2H3. The molecule has 0 aromatic heterocycles. The summed E-state index contributed by atoms with van der Waals surface area (Å²) in [6.45, 7) is 0. The summed E-state index contributed by atoms with van der Waals surface area (Å²) in [4.78, 5) is 50.5. The number of methoxy groups -OCH3 is 2. The van der Waals surface area contributed by atoms with Crippen LogP contribution in [0.4, 0.5) is 0 Å². The maximum Gasteiger partial charge on any atom is 0.343 e. The first-order valence-corrected chi connectivity index (χ1v) is 11.4. The van der Waals surface area contributed by atoms with Gasteiger partial charge >= 0.3 is 11.9 Å². The van der Waals surface area contributed by atoms with Gasteiger partial charge in [0.1, 0.15) is 0 Å². The predicted molar refractivity (Wildman–Crippen MR) is 139 cm³/mol. The van der Waals surface area contributed by atoms with Crippen LogP contribution in [0.2, 0.25) is 0 Å². The number of aldehydes is 2. The Morgan fingerprint density at radius 3 is 1.24 bits per heavy atom. The average molecular weight is 510 g/mol. The Labute approximate surface area is 218 Å². The van der Waals surface area contributed by atoms with Crippen molar-refractivity contribution < 1.29 is 38.1 Å². The maximum absolute atomic E-state index is 13.0. The zero-order valence-corrected chi connectivity index (χ0v) is 20.5. The first kappa shape index (κ1) is 25.8. The van der Waals surface area contributed by atoms with E-state index in [2.05, 4.69) is 0 Å². The van der Waals surface area contributed by atoms with Crippen LogP contribution in [0.3, 0.4) is 0 Å². The van der Waals surface area contributed by atoms with Crippen molar-refractivity contribution in [1.82, 2.24) is 0 Å². The Balaban J connectivity index is 1.98. The Kier molecular flexibility index (Phi) is 7.93. The third-order valence-electron chi connectivity index (χ3n) is 5.66. The van der Waals surface area contributed by atoms with Gasteiger partial charge in [-0.05, 0) is 48.5 Å². The monoisotopic (exact) mass is 510 g/mol. The van der Waals surface area contributed by atoms with E-state index < -0.39 is 11.9 Å². The van der Waals surface area contributed by atoms with Crippen LogP contribution in [-0.4, -0.2) is 38.7 Å². The van der Waals surface area contributed by atoms with E-state index >= 15 is 0 Å². The molecule has 4 aromatic carbocycles. The molecule has 0 amide bonds. The van der Waals surface area contributed by atoms with Gasteiger partial charge in [0.15, 0.2) is 35.6 Å². The van der Waals surface area contributed by atoms with Crippen molar-refractivity contribution in [3.05, 3.63) is 107 Å². The molecule has 38 heavy (non-hydrogen) atoms. The summed E-state index contributed by atoms with van der Waals surface area (Å²) in [5.41, 5.74) is 0.619. The number of carbonyl (C=O) groups is 4. The van der Waals surface area contributed by atoms with Crippen LogP contribution in [0.1, 0.15) is 41.4 Å². The van der Waals surface area contributed by atoms with Crippen LogP contribution < -0.4 is 18.9 Å². The second kappa shape index (κ2) is 11.7. The topological polar surface area (TPSA) is 105 Å². The van der Waals surface area contributed by atoms with Crippen LogP contribution in [0.15, 0.2) is 84.9 Å². The highest BCUT2D eigenvalue weighted by atomic mass is 16.6. The second-order valence-corrected chi connectivity index (χ2v) is 7.87. The molecular formula is C30H22O8. The van der Waals surface area contributed by atoms with Gasteiger partial charge in [0, 0.05) is 22.3 Å². The largest absolute Gasteiger partial charge is 0.493 e. The molecule has 0 N–H and O–H groups in total. The molecule has 0 fully saturated rings. The van der Waals surface area contributed by atoms with Crippen molar-refractivity contribution in [2.45, 2.75) is 0 Å². The molecule has 8 nitrogen and oxygen atoms in total. The predicted octanol–water partition coefficient (Wildman–Crippen LogP) is 5.43. The molecule has 0 aliphatic heterocycles. The number of hydrogen-bond acceptors (Lipinski definition) is 8. The molecule has 4 aromatic rings. The van der Waals surface area contributed by atoms with Crippen molar-refractivity contribution in [3.8, 4) is 34.1 Å². The third kappa shape index (κ3) is 5.15. The Hall–Kier alpha value is -5.24. The quantitative estimate of drug-likeness (QED) is 0.167. The van der Waals surface area contributed by atoms with Crippen molar-refractivity contribution >= 4 is 24.5 Å². The minimum atomic E-state index is -0.730. The second-order valence-electron chi connectivity index (χ2n) is 7.87. The number of hydrogen-bond donors (Lipinski definition) is 0. The van der Waals surface area contributed by atoms with Gasteiger partial charge in [-0.25, -0.2) is 9.59 Å². The Morgan fingerprint density at radius 2 is 0.921 bits per heavy atom. The van der Waals surface area contributed by atoms with E-state index in [1.165, 1.54) is 38.5 Å². The summed E-state index contributed by atoms with van der Waals surface area (Å²) in [7, 11) is 2.73. The van der Waals surface area contributed by atoms with E-state index in [0.717, 1.165) is 0 Å². The van der Waals surface area contributed by atoms with E-state index in [9.17, 15) is 19.2 Å². The summed E-state index contributed by atoms with van der Waals surface area (Å²) in [5.74, 6) is -1.53. The zero-order valence-electron chi connectivity index (χ0n) is 20.5. The Morgan fingerprint density at radius 1 is 0.553 bits per heavy atom. The molecule has 0 saturated carbocycles. The fraction of sp³-hybridized carbons (Fsp3) is 0.0667. The van der Waals surface area contributed by atoms with Gasteiger partial charge in [-0.2, -0.15) is 0 Å². The lowest BCUT2D eigenvalue weighted by Crippen LogP contribution is -2.13. The molecule has 0 aliphatic rings. The van der Waals surface area contributed by atoms with Gasteiger partial charge in [-0.15, -0.1) is 0 Å². The highest BCUT2D eigenvalue weighted by Crippen LogP contribution is 2.48. The van der Waals surface area contributed by atoms with Gasteiger partial charge in [-0.3, -0.25) is 9.59 Å². The molecule has 190 valence electrons. The van der Waals surface area contributed by atoms with Gasteiger partial charge < -0.3 is 18.9 Å². The van der Waals surface area contributed by atoms with Crippen molar-refractivity contribution in [2.24, 2.45) is 0 Å². The van der Waals surface area contributed by atoms with Crippen molar-refractivity contribution in [1.29, 1.82) is 0 Å². The first-order valence-electron chi connectivity index (χ1n) is 11.4. The smallest absolute Gasteiger partial charge is 0.343 e. The molecular weight excluding hydrogens is 488 g/mol. The van der Waals surface area contributed by atoms with Crippen LogP contribution in [0.25, 0.3) is 11.1 Å². The van der Waals surface area contributed by atoms with E-state index in [1.807, 2.05) is 0 Å². The fourth-order valence-electron chi connectivity index (χ4n) is 3.85. The molecule has 0 atom stereocenters. The molecule has 0 spiro atoms. The molecule has 8 heteroatoms. The zero-order chi connectivity index (χ0) is 27.1. The highest BCUT2D eigenvalue weighted by Gasteiger charge is 2.28. The molecule has 0 bridgehead atoms. The van der Waals surface area contributed by atoms with Crippen LogP contribution in [0.5, 0.6) is 23.0 Å². The van der Waals surface area contributed by atoms with Gasteiger partial charge in [0.25, 0.3) is 0 Å². The number of benzene rings is 4. The molecule has 0 aliphatic carbocycles. The lowest BCUT2D eigenvalue weighted by Gasteiger charge is -2.20. The number of ether oxygens (including phenoxy) is 4. The Bertz CT molecular complexity index is 1380. The van der Waals surface area contributed by atoms with Crippen molar-refractivity contribution in [2.75, 3.05) is 14.2 Å². The normalized spacial score (nSPS) is 10.3. The van der Waals surface area contributed by atoms with E-state index in [0.29, 0.717) is 12.6 Å². The third-order valence-corrected chi connectivity index (χ3v) is 5.66. The number of rotatable bonds is 9. The molecule has 0 radical (unpaired) electrons. The van der Waals surface area contributed by atoms with Gasteiger partial charge in [0.2, 0.25) is 0 Å². The summed E-state index contributed by atoms with van der Waals surface area (Å²) < 4.78 is 22.4. The molecule has 0 heterocycles. The SMILES string of the molecule is COc1ccc(C=O)c(-c2c(C=O)ccc(OC)c2OC(=O)c2ccccc2)c1OC(=O)c1ccccc1. The first-order chi connectivity index (χ1) is 18.5. The van der Waals surface area contributed by atoms with Crippen LogP contribution in [0, 0.1) is 0 Å². The summed E-state index contributed by atoms with van der Waals surface area (Å²) in [6.07, 6.45) is 1.07. The molecule has 0 unspecified atom stereocenters. The van der Waals surface area contributed by atoms with Crippen molar-refractivity contribution in [3.63, 3.8) is 0 Å². The highest BCUT2D eigenvalue weighted by molar-refractivity contribution is 6.03. The number of esters is 2. The van der Waals surface area contributed by atoms with E-state index in [4.69, 9.17) is 18.9 Å². The minimum absolute atomic E-state index is 0.0143. The minimum Gasteiger partial charge on any atom is -0.493 e. The number of carbonyl (C=O) groups excluding carboxylic acids is 4. The maximum atomic E-state index is 13.0. The average Bonchev–Trinajstić information content (AvgIpc) is 2.97. The lowest BCUT2D eigenvalue weighted by molar-refractivity contribution is 0.0718. The van der Waals surface area contributed by atoms with Gasteiger partial charge in [-0.1, -0.05) is 36.4 Å². The summed E-state index contributed by atoms with van der Waals surface area (Å²) >= 11 is 0. The summed E-state index contributed by atoms with van der Waals surface area (Å²) in [6, 6.07) is 22.2. The van der Waals surface area contributed by atoms with E-state index in [1.54, 1.807) is 60.7 Å². The van der Waals surface area contributed by atoms with Gasteiger partial charge in [0.05, 0.1) is 25.3 Å². The molecule has 0 saturated heterocycles. The van der Waals surface area contributed by atoms with E-state index in [-0.39, 0.29) is 56.4 Å². The van der Waals surface area contributed by atoms with Crippen LogP contribution >= 0.6 is 0 Å².